The summed E-state index contributed by atoms with van der Waals surface area (Å²) < 4.78 is 0.864. The number of pyridine rings is 1. The maximum Gasteiger partial charge on any atom is 0.296 e. The molecule has 0 radical (unpaired) electrons. The van der Waals surface area contributed by atoms with Gasteiger partial charge in [-0.3, -0.25) is 9.89 Å². The van der Waals surface area contributed by atoms with E-state index in [1.165, 1.54) is 0 Å². The first-order valence-corrected chi connectivity index (χ1v) is 6.62. The SMILES string of the molecule is Cc1cc(Br)cnc1NC(=O)c1n[nH]c(C(C)C)n1. The van der Waals surface area contributed by atoms with Crippen LogP contribution in [0.4, 0.5) is 5.82 Å². The number of anilines is 1. The molecule has 0 aliphatic carbocycles. The van der Waals surface area contributed by atoms with Crippen molar-refractivity contribution in [3.8, 4) is 0 Å². The number of carbonyl (C=O) groups is 1. The minimum absolute atomic E-state index is 0.118. The van der Waals surface area contributed by atoms with E-state index in [0.29, 0.717) is 11.6 Å². The van der Waals surface area contributed by atoms with Crippen LogP contribution in [0.15, 0.2) is 16.7 Å². The van der Waals surface area contributed by atoms with Gasteiger partial charge < -0.3 is 5.32 Å². The number of aromatic nitrogens is 4. The minimum Gasteiger partial charge on any atom is -0.304 e. The van der Waals surface area contributed by atoms with Crippen LogP contribution in [0.5, 0.6) is 0 Å². The molecule has 0 saturated carbocycles. The Labute approximate surface area is 119 Å². The van der Waals surface area contributed by atoms with Crippen LogP contribution < -0.4 is 5.32 Å². The summed E-state index contributed by atoms with van der Waals surface area (Å²) in [7, 11) is 0. The van der Waals surface area contributed by atoms with Gasteiger partial charge in [-0.2, -0.15) is 0 Å². The Morgan fingerprint density at radius 3 is 2.79 bits per heavy atom. The highest BCUT2D eigenvalue weighted by Crippen LogP contribution is 2.17. The number of hydrogen-bond donors (Lipinski definition) is 2. The van der Waals surface area contributed by atoms with E-state index in [4.69, 9.17) is 0 Å². The van der Waals surface area contributed by atoms with Gasteiger partial charge in [0, 0.05) is 16.6 Å². The molecule has 0 fully saturated rings. The van der Waals surface area contributed by atoms with Crippen molar-refractivity contribution in [1.29, 1.82) is 0 Å². The fourth-order valence-electron chi connectivity index (χ4n) is 1.47. The van der Waals surface area contributed by atoms with Crippen molar-refractivity contribution in [1.82, 2.24) is 20.2 Å². The predicted molar refractivity (Wildman–Crippen MR) is 75.1 cm³/mol. The molecule has 0 atom stereocenters. The number of amides is 1. The smallest absolute Gasteiger partial charge is 0.296 e. The average molecular weight is 324 g/mol. The van der Waals surface area contributed by atoms with E-state index >= 15 is 0 Å². The van der Waals surface area contributed by atoms with E-state index in [2.05, 4.69) is 41.4 Å². The van der Waals surface area contributed by atoms with Gasteiger partial charge in [0.15, 0.2) is 0 Å². The third kappa shape index (κ3) is 3.17. The molecular weight excluding hydrogens is 310 g/mol. The second-order valence-corrected chi connectivity index (χ2v) is 5.39. The highest BCUT2D eigenvalue weighted by molar-refractivity contribution is 9.10. The van der Waals surface area contributed by atoms with E-state index in [1.807, 2.05) is 26.8 Å². The van der Waals surface area contributed by atoms with Gasteiger partial charge in [0.25, 0.3) is 5.91 Å². The highest BCUT2D eigenvalue weighted by atomic mass is 79.9. The van der Waals surface area contributed by atoms with Crippen molar-refractivity contribution in [2.75, 3.05) is 5.32 Å². The summed E-state index contributed by atoms with van der Waals surface area (Å²) in [4.78, 5) is 20.3. The molecule has 2 N–H and O–H groups in total. The van der Waals surface area contributed by atoms with Crippen molar-refractivity contribution >= 4 is 27.7 Å². The zero-order valence-corrected chi connectivity index (χ0v) is 12.4. The predicted octanol–water partition coefficient (Wildman–Crippen LogP) is 2.65. The molecule has 0 bridgehead atoms. The van der Waals surface area contributed by atoms with Crippen molar-refractivity contribution in [3.63, 3.8) is 0 Å². The quantitative estimate of drug-likeness (QED) is 0.909. The Morgan fingerprint density at radius 1 is 1.47 bits per heavy atom. The average Bonchev–Trinajstić information content (AvgIpc) is 2.82. The number of carbonyl (C=O) groups excluding carboxylic acids is 1. The first-order chi connectivity index (χ1) is 8.97. The molecule has 7 heteroatoms. The summed E-state index contributed by atoms with van der Waals surface area (Å²) in [6.07, 6.45) is 1.63. The van der Waals surface area contributed by atoms with Gasteiger partial charge in [0.05, 0.1) is 0 Å². The third-order valence-electron chi connectivity index (χ3n) is 2.53. The van der Waals surface area contributed by atoms with Crippen molar-refractivity contribution in [3.05, 3.63) is 33.9 Å². The van der Waals surface area contributed by atoms with Crippen LogP contribution in [-0.2, 0) is 0 Å². The molecule has 19 heavy (non-hydrogen) atoms. The topological polar surface area (TPSA) is 83.6 Å². The fourth-order valence-corrected chi connectivity index (χ4v) is 1.91. The van der Waals surface area contributed by atoms with Crippen LogP contribution in [0, 0.1) is 6.92 Å². The Balaban J connectivity index is 2.16. The third-order valence-corrected chi connectivity index (χ3v) is 2.96. The highest BCUT2D eigenvalue weighted by Gasteiger charge is 2.15. The van der Waals surface area contributed by atoms with Crippen LogP contribution in [0.3, 0.4) is 0 Å². The molecule has 0 aromatic carbocycles. The first-order valence-electron chi connectivity index (χ1n) is 5.83. The van der Waals surface area contributed by atoms with Gasteiger partial charge in [-0.25, -0.2) is 9.97 Å². The largest absolute Gasteiger partial charge is 0.304 e. The Kier molecular flexibility index (Phi) is 3.94. The molecule has 2 rings (SSSR count). The van der Waals surface area contributed by atoms with Crippen molar-refractivity contribution < 1.29 is 4.79 Å². The standard InChI is InChI=1S/C12H14BrN5O/c1-6(2)9-15-11(18-17-9)12(19)16-10-7(3)4-8(13)5-14-10/h4-6H,1-3H3,(H,14,16,19)(H,15,17,18). The normalized spacial score (nSPS) is 10.8. The molecule has 0 unspecified atom stereocenters. The number of halogens is 1. The summed E-state index contributed by atoms with van der Waals surface area (Å²) in [6, 6.07) is 1.88. The molecule has 2 heterocycles. The minimum atomic E-state index is -0.374. The summed E-state index contributed by atoms with van der Waals surface area (Å²) in [5.74, 6) is 1.13. The Hall–Kier alpha value is -1.76. The molecule has 100 valence electrons. The number of rotatable bonds is 3. The number of H-pyrrole nitrogens is 1. The zero-order valence-electron chi connectivity index (χ0n) is 10.9. The van der Waals surface area contributed by atoms with Crippen molar-refractivity contribution in [2.24, 2.45) is 0 Å². The summed E-state index contributed by atoms with van der Waals surface area (Å²) in [5, 5.41) is 9.33. The molecule has 0 saturated heterocycles. The van der Waals surface area contributed by atoms with Crippen LogP contribution >= 0.6 is 15.9 Å². The van der Waals surface area contributed by atoms with E-state index in [9.17, 15) is 4.79 Å². The van der Waals surface area contributed by atoms with E-state index < -0.39 is 0 Å². The lowest BCUT2D eigenvalue weighted by molar-refractivity contribution is 0.101. The molecule has 6 nitrogen and oxygen atoms in total. The van der Waals surface area contributed by atoms with Crippen LogP contribution in [0.2, 0.25) is 0 Å². The fraction of sp³-hybridized carbons (Fsp3) is 0.333. The van der Waals surface area contributed by atoms with Crippen LogP contribution in [-0.4, -0.2) is 26.1 Å². The molecule has 0 aliphatic rings. The zero-order chi connectivity index (χ0) is 14.0. The lowest BCUT2D eigenvalue weighted by atomic mass is 10.2. The Bertz CT molecular complexity index is 608. The maximum absolute atomic E-state index is 12.0. The second-order valence-electron chi connectivity index (χ2n) is 4.47. The van der Waals surface area contributed by atoms with Gasteiger partial charge in [-0.1, -0.05) is 13.8 Å². The molecule has 2 aromatic heterocycles. The van der Waals surface area contributed by atoms with Gasteiger partial charge in [0.2, 0.25) is 5.82 Å². The number of aryl methyl sites for hydroxylation is 1. The van der Waals surface area contributed by atoms with Gasteiger partial charge >= 0.3 is 0 Å². The number of nitrogens with zero attached hydrogens (tertiary/aromatic N) is 3. The lowest BCUT2D eigenvalue weighted by Crippen LogP contribution is -2.15. The van der Waals surface area contributed by atoms with Crippen LogP contribution in [0.1, 0.15) is 41.8 Å². The van der Waals surface area contributed by atoms with Gasteiger partial charge in [-0.15, -0.1) is 5.10 Å². The summed E-state index contributed by atoms with van der Waals surface area (Å²) in [6.45, 7) is 5.82. The Morgan fingerprint density at radius 2 is 2.21 bits per heavy atom. The van der Waals surface area contributed by atoms with Gasteiger partial charge in [-0.05, 0) is 34.5 Å². The summed E-state index contributed by atoms with van der Waals surface area (Å²) >= 11 is 3.32. The number of aromatic amines is 1. The maximum atomic E-state index is 12.0. The number of hydrogen-bond acceptors (Lipinski definition) is 4. The van der Waals surface area contributed by atoms with E-state index in [1.54, 1.807) is 6.20 Å². The van der Waals surface area contributed by atoms with Crippen LogP contribution in [0.25, 0.3) is 0 Å². The monoisotopic (exact) mass is 323 g/mol. The molecule has 0 spiro atoms. The molecule has 0 aliphatic heterocycles. The molecular formula is C12H14BrN5O. The number of nitrogens with one attached hydrogen (secondary N) is 2. The second kappa shape index (κ2) is 5.48. The summed E-state index contributed by atoms with van der Waals surface area (Å²) in [5.41, 5.74) is 0.863. The molecule has 1 amide bonds. The van der Waals surface area contributed by atoms with Crippen molar-refractivity contribution in [2.45, 2.75) is 26.7 Å². The lowest BCUT2D eigenvalue weighted by Gasteiger charge is -2.05. The van der Waals surface area contributed by atoms with Gasteiger partial charge in [0.1, 0.15) is 11.6 Å². The first kappa shape index (κ1) is 13.7. The van der Waals surface area contributed by atoms with E-state index in [-0.39, 0.29) is 17.6 Å². The van der Waals surface area contributed by atoms with E-state index in [0.717, 1.165) is 10.0 Å². The molecule has 2 aromatic rings.